The molecule has 0 spiro atoms. The summed E-state index contributed by atoms with van der Waals surface area (Å²) >= 11 is 0. The maximum atomic E-state index is 11.1. The highest BCUT2D eigenvalue weighted by molar-refractivity contribution is 5.87. The highest BCUT2D eigenvalue weighted by Gasteiger charge is 2.22. The van der Waals surface area contributed by atoms with Crippen molar-refractivity contribution in [2.24, 2.45) is 0 Å². The number of aromatic nitrogens is 3. The molecule has 7 nitrogen and oxygen atoms in total. The maximum Gasteiger partial charge on any atom is 0.335 e. The van der Waals surface area contributed by atoms with Crippen LogP contribution in [0, 0.1) is 0 Å². The zero-order valence-corrected chi connectivity index (χ0v) is 13.1. The standard InChI is InChI=1S/C16H20N4O3/c1-23-8-7-20-15-5-6-19(11-14(15)17-18-20)10-12-3-2-4-13(9-12)16(21)22/h2-4,9H,5-8,10-11H2,1H3,(H,21,22). The molecule has 0 saturated carbocycles. The van der Waals surface area contributed by atoms with E-state index in [-0.39, 0.29) is 0 Å². The second-order valence-corrected chi connectivity index (χ2v) is 5.66. The Kier molecular flexibility index (Phi) is 4.68. The van der Waals surface area contributed by atoms with Gasteiger partial charge in [-0.3, -0.25) is 4.90 Å². The number of nitrogens with zero attached hydrogens (tertiary/aromatic N) is 4. The van der Waals surface area contributed by atoms with E-state index in [1.54, 1.807) is 25.3 Å². The van der Waals surface area contributed by atoms with Gasteiger partial charge in [-0.15, -0.1) is 5.10 Å². The third-order valence-electron chi connectivity index (χ3n) is 4.04. The molecule has 1 aromatic heterocycles. The van der Waals surface area contributed by atoms with Crippen molar-refractivity contribution in [3.63, 3.8) is 0 Å². The van der Waals surface area contributed by atoms with Crippen LogP contribution in [0.3, 0.4) is 0 Å². The van der Waals surface area contributed by atoms with Gasteiger partial charge in [-0.1, -0.05) is 17.3 Å². The molecule has 2 aromatic rings. The van der Waals surface area contributed by atoms with Crippen LogP contribution in [-0.4, -0.2) is 51.2 Å². The number of fused-ring (bicyclic) bond motifs is 1. The van der Waals surface area contributed by atoms with Crippen molar-refractivity contribution in [1.29, 1.82) is 0 Å². The normalized spacial score (nSPS) is 14.7. The lowest BCUT2D eigenvalue weighted by Gasteiger charge is -2.26. The lowest BCUT2D eigenvalue weighted by Crippen LogP contribution is -2.31. The average molecular weight is 316 g/mol. The molecule has 1 aromatic carbocycles. The van der Waals surface area contributed by atoms with E-state index in [9.17, 15) is 4.79 Å². The lowest BCUT2D eigenvalue weighted by atomic mass is 10.1. The third kappa shape index (κ3) is 3.57. The van der Waals surface area contributed by atoms with Gasteiger partial charge in [0.2, 0.25) is 0 Å². The molecule has 1 aliphatic rings. The maximum absolute atomic E-state index is 11.1. The number of carboxylic acids is 1. The molecule has 0 atom stereocenters. The van der Waals surface area contributed by atoms with E-state index in [4.69, 9.17) is 9.84 Å². The van der Waals surface area contributed by atoms with Gasteiger partial charge in [-0.2, -0.15) is 0 Å². The van der Waals surface area contributed by atoms with E-state index in [0.717, 1.165) is 37.3 Å². The smallest absolute Gasteiger partial charge is 0.335 e. The van der Waals surface area contributed by atoms with Gasteiger partial charge in [0.1, 0.15) is 0 Å². The van der Waals surface area contributed by atoms with Crippen LogP contribution in [0.25, 0.3) is 0 Å². The summed E-state index contributed by atoms with van der Waals surface area (Å²) in [5.41, 5.74) is 3.50. The highest BCUT2D eigenvalue weighted by atomic mass is 16.5. The molecule has 1 aliphatic heterocycles. The fourth-order valence-electron chi connectivity index (χ4n) is 2.87. The second kappa shape index (κ2) is 6.89. The van der Waals surface area contributed by atoms with Crippen LogP contribution < -0.4 is 0 Å². The fraction of sp³-hybridized carbons (Fsp3) is 0.438. The van der Waals surface area contributed by atoms with Gasteiger partial charge in [0.25, 0.3) is 0 Å². The fourth-order valence-corrected chi connectivity index (χ4v) is 2.87. The zero-order valence-electron chi connectivity index (χ0n) is 13.1. The topological polar surface area (TPSA) is 80.5 Å². The van der Waals surface area contributed by atoms with Crippen molar-refractivity contribution in [3.8, 4) is 0 Å². The number of aromatic carboxylic acids is 1. The van der Waals surface area contributed by atoms with E-state index in [0.29, 0.717) is 18.7 Å². The quantitative estimate of drug-likeness (QED) is 0.862. The summed E-state index contributed by atoms with van der Waals surface area (Å²) in [4.78, 5) is 13.3. The molecule has 23 heavy (non-hydrogen) atoms. The van der Waals surface area contributed by atoms with Gasteiger partial charge in [0.05, 0.1) is 30.1 Å². The van der Waals surface area contributed by atoms with Gasteiger partial charge in [0, 0.05) is 33.2 Å². The SMILES string of the molecule is COCCn1nnc2c1CCN(Cc1cccc(C(=O)O)c1)C2. The Morgan fingerprint density at radius 1 is 1.43 bits per heavy atom. The van der Waals surface area contributed by atoms with Crippen LogP contribution in [0.2, 0.25) is 0 Å². The summed E-state index contributed by atoms with van der Waals surface area (Å²) in [6.45, 7) is 3.71. The summed E-state index contributed by atoms with van der Waals surface area (Å²) in [6.07, 6.45) is 0.894. The van der Waals surface area contributed by atoms with Crippen molar-refractivity contribution in [2.45, 2.75) is 26.1 Å². The summed E-state index contributed by atoms with van der Waals surface area (Å²) in [5, 5.41) is 17.5. The Bertz CT molecular complexity index is 698. The number of benzene rings is 1. The molecular weight excluding hydrogens is 296 g/mol. The van der Waals surface area contributed by atoms with Gasteiger partial charge in [-0.05, 0) is 17.7 Å². The molecule has 2 heterocycles. The first-order valence-corrected chi connectivity index (χ1v) is 7.62. The number of carboxylic acid groups (broad SMARTS) is 1. The van der Waals surface area contributed by atoms with E-state index >= 15 is 0 Å². The monoisotopic (exact) mass is 316 g/mol. The summed E-state index contributed by atoms with van der Waals surface area (Å²) in [7, 11) is 1.68. The zero-order chi connectivity index (χ0) is 16.2. The molecule has 0 saturated heterocycles. The van der Waals surface area contributed by atoms with Crippen molar-refractivity contribution in [1.82, 2.24) is 19.9 Å². The molecule has 0 fully saturated rings. The van der Waals surface area contributed by atoms with Crippen LogP contribution in [0.4, 0.5) is 0 Å². The van der Waals surface area contributed by atoms with Gasteiger partial charge in [0.15, 0.2) is 0 Å². The number of methoxy groups -OCH3 is 1. The molecule has 0 amide bonds. The molecule has 7 heteroatoms. The first kappa shape index (κ1) is 15.6. The molecule has 0 unspecified atom stereocenters. The van der Waals surface area contributed by atoms with Gasteiger partial charge < -0.3 is 9.84 Å². The summed E-state index contributed by atoms with van der Waals surface area (Å²) in [6, 6.07) is 7.08. The van der Waals surface area contributed by atoms with Crippen molar-refractivity contribution < 1.29 is 14.6 Å². The minimum Gasteiger partial charge on any atom is -0.478 e. The predicted octanol–water partition coefficient (Wildman–Crippen LogP) is 1.18. The van der Waals surface area contributed by atoms with Crippen molar-refractivity contribution in [3.05, 3.63) is 46.8 Å². The van der Waals surface area contributed by atoms with Crippen molar-refractivity contribution in [2.75, 3.05) is 20.3 Å². The minimum absolute atomic E-state index is 0.325. The van der Waals surface area contributed by atoms with Crippen LogP contribution in [-0.2, 0) is 30.8 Å². The van der Waals surface area contributed by atoms with E-state index in [1.165, 1.54) is 5.69 Å². The first-order valence-electron chi connectivity index (χ1n) is 7.62. The summed E-state index contributed by atoms with van der Waals surface area (Å²) in [5.74, 6) is -0.895. The molecule has 3 rings (SSSR count). The first-order chi connectivity index (χ1) is 11.2. The Morgan fingerprint density at radius 2 is 2.30 bits per heavy atom. The molecule has 0 aliphatic carbocycles. The molecular formula is C16H20N4O3. The van der Waals surface area contributed by atoms with E-state index in [2.05, 4.69) is 15.2 Å². The molecule has 0 bridgehead atoms. The largest absolute Gasteiger partial charge is 0.478 e. The van der Waals surface area contributed by atoms with Gasteiger partial charge in [-0.25, -0.2) is 9.48 Å². The lowest BCUT2D eigenvalue weighted by molar-refractivity contribution is 0.0696. The number of carbonyl (C=O) groups is 1. The van der Waals surface area contributed by atoms with Crippen LogP contribution >= 0.6 is 0 Å². The molecule has 1 N–H and O–H groups in total. The van der Waals surface area contributed by atoms with Gasteiger partial charge >= 0.3 is 5.97 Å². The van der Waals surface area contributed by atoms with Crippen molar-refractivity contribution >= 4 is 5.97 Å². The Hall–Kier alpha value is -2.25. The van der Waals surface area contributed by atoms with Crippen LogP contribution in [0.15, 0.2) is 24.3 Å². The summed E-state index contributed by atoms with van der Waals surface area (Å²) < 4.78 is 7.01. The Balaban J connectivity index is 1.67. The number of hydrogen-bond acceptors (Lipinski definition) is 5. The predicted molar refractivity (Wildman–Crippen MR) is 83.1 cm³/mol. The minimum atomic E-state index is -0.895. The number of ether oxygens (including phenoxy) is 1. The van der Waals surface area contributed by atoms with Crippen LogP contribution in [0.1, 0.15) is 27.3 Å². The van der Waals surface area contributed by atoms with E-state index < -0.39 is 5.97 Å². The highest BCUT2D eigenvalue weighted by Crippen LogP contribution is 2.19. The van der Waals surface area contributed by atoms with Crippen LogP contribution in [0.5, 0.6) is 0 Å². The number of rotatable bonds is 6. The third-order valence-corrected chi connectivity index (χ3v) is 4.04. The number of hydrogen-bond donors (Lipinski definition) is 1. The Morgan fingerprint density at radius 3 is 3.09 bits per heavy atom. The average Bonchev–Trinajstić information content (AvgIpc) is 2.95. The van der Waals surface area contributed by atoms with E-state index in [1.807, 2.05) is 10.7 Å². The molecule has 122 valence electrons. The second-order valence-electron chi connectivity index (χ2n) is 5.66. The molecule has 0 radical (unpaired) electrons. The Labute approximate surface area is 134 Å².